The van der Waals surface area contributed by atoms with E-state index in [0.717, 1.165) is 16.2 Å². The largest absolute Gasteiger partial charge is 0.380 e. The van der Waals surface area contributed by atoms with Crippen molar-refractivity contribution in [2.45, 2.75) is 24.9 Å². The van der Waals surface area contributed by atoms with Crippen LogP contribution in [0.25, 0.3) is 10.5 Å². The second kappa shape index (κ2) is 5.25. The van der Waals surface area contributed by atoms with Gasteiger partial charge in [-0.25, -0.2) is 9.67 Å². The molecule has 0 bridgehead atoms. The molecule has 0 spiro atoms. The average Bonchev–Trinajstić information content (AvgIpc) is 3.04. The summed E-state index contributed by atoms with van der Waals surface area (Å²) in [7, 11) is 0. The van der Waals surface area contributed by atoms with Gasteiger partial charge in [-0.05, 0) is 30.9 Å². The van der Waals surface area contributed by atoms with Crippen LogP contribution in [0.5, 0.6) is 0 Å². The maximum atomic E-state index is 11.0. The van der Waals surface area contributed by atoms with Crippen LogP contribution in [-0.2, 0) is 0 Å². The molecule has 1 aliphatic carbocycles. The molecule has 7 heteroatoms. The third kappa shape index (κ3) is 2.16. The van der Waals surface area contributed by atoms with Gasteiger partial charge < -0.3 is 5.11 Å². The zero-order valence-electron chi connectivity index (χ0n) is 12.8. The number of nitrogens with zero attached hydrogens (tertiary/aromatic N) is 5. The van der Waals surface area contributed by atoms with Crippen LogP contribution in [0, 0.1) is 0 Å². The first-order chi connectivity index (χ1) is 11.8. The topological polar surface area (TPSA) is 68.2 Å². The summed E-state index contributed by atoms with van der Waals surface area (Å²) >= 11 is 1.71. The number of hydrogen-bond acceptors (Lipinski definition) is 5. The molecule has 3 heterocycles. The lowest BCUT2D eigenvalue weighted by Crippen LogP contribution is -2.06. The Morgan fingerprint density at radius 2 is 2.04 bits per heavy atom. The van der Waals surface area contributed by atoms with Crippen LogP contribution in [-0.4, -0.2) is 29.5 Å². The first-order valence-corrected chi connectivity index (χ1v) is 8.73. The first kappa shape index (κ1) is 13.9. The zero-order valence-corrected chi connectivity index (χ0v) is 13.6. The van der Waals surface area contributed by atoms with Gasteiger partial charge in [-0.3, -0.25) is 4.40 Å². The van der Waals surface area contributed by atoms with Crippen molar-refractivity contribution < 1.29 is 5.11 Å². The van der Waals surface area contributed by atoms with Crippen molar-refractivity contribution in [2.24, 2.45) is 0 Å². The summed E-state index contributed by atoms with van der Waals surface area (Å²) in [6.07, 6.45) is 6.96. The Hall–Kier alpha value is -2.51. The quantitative estimate of drug-likeness (QED) is 0.622. The minimum absolute atomic E-state index is 0.550. The Balaban J connectivity index is 1.57. The molecule has 1 unspecified atom stereocenters. The molecule has 0 amide bonds. The van der Waals surface area contributed by atoms with E-state index in [9.17, 15) is 5.11 Å². The van der Waals surface area contributed by atoms with E-state index in [1.54, 1.807) is 28.5 Å². The fraction of sp³-hybridized carbons (Fsp3) is 0.235. The molecule has 1 aliphatic rings. The standard InChI is InChI=1S/C17H15N5OS/c23-16(13-9-22(20-19-13)12-4-2-1-3-5-12)15-17(11-6-7-11)24-14-8-18-10-21(14)15/h1-5,8-11,16,23H,6-7H2. The lowest BCUT2D eigenvalue weighted by Gasteiger charge is -2.09. The molecule has 1 N–H and O–H groups in total. The molecule has 1 fully saturated rings. The van der Waals surface area contributed by atoms with Gasteiger partial charge in [0.05, 0.1) is 23.8 Å². The number of aromatic nitrogens is 5. The van der Waals surface area contributed by atoms with Gasteiger partial charge in [0.15, 0.2) is 0 Å². The predicted molar refractivity (Wildman–Crippen MR) is 90.5 cm³/mol. The monoisotopic (exact) mass is 337 g/mol. The third-order valence-electron chi connectivity index (χ3n) is 4.35. The van der Waals surface area contributed by atoms with Gasteiger partial charge in [0, 0.05) is 4.88 Å². The Labute approximate surface area is 142 Å². The second-order valence-electron chi connectivity index (χ2n) is 6.05. The number of aliphatic hydroxyl groups excluding tert-OH is 1. The number of rotatable bonds is 4. The number of aliphatic hydroxyl groups is 1. The van der Waals surface area contributed by atoms with E-state index < -0.39 is 6.10 Å². The van der Waals surface area contributed by atoms with Gasteiger partial charge in [0.2, 0.25) is 0 Å². The van der Waals surface area contributed by atoms with E-state index in [2.05, 4.69) is 15.3 Å². The second-order valence-corrected chi connectivity index (χ2v) is 7.12. The molecule has 0 saturated heterocycles. The molecule has 24 heavy (non-hydrogen) atoms. The van der Waals surface area contributed by atoms with Crippen molar-refractivity contribution in [1.82, 2.24) is 24.4 Å². The van der Waals surface area contributed by atoms with E-state index >= 15 is 0 Å². The Kier molecular flexibility index (Phi) is 3.04. The number of thiazole rings is 1. The van der Waals surface area contributed by atoms with E-state index in [1.165, 1.54) is 17.7 Å². The molecule has 3 aromatic heterocycles. The van der Waals surface area contributed by atoms with Crippen LogP contribution < -0.4 is 0 Å². The van der Waals surface area contributed by atoms with Crippen LogP contribution in [0.2, 0.25) is 0 Å². The van der Waals surface area contributed by atoms with Crippen molar-refractivity contribution >= 4 is 16.2 Å². The summed E-state index contributed by atoms with van der Waals surface area (Å²) in [6, 6.07) is 9.77. The fourth-order valence-electron chi connectivity index (χ4n) is 2.98. The van der Waals surface area contributed by atoms with E-state index in [-0.39, 0.29) is 0 Å². The summed E-state index contributed by atoms with van der Waals surface area (Å²) in [6.45, 7) is 0. The Morgan fingerprint density at radius 3 is 2.83 bits per heavy atom. The summed E-state index contributed by atoms with van der Waals surface area (Å²) in [5, 5.41) is 19.3. The van der Waals surface area contributed by atoms with Gasteiger partial charge in [-0.1, -0.05) is 23.4 Å². The third-order valence-corrected chi connectivity index (χ3v) is 5.62. The smallest absolute Gasteiger partial charge is 0.141 e. The fourth-order valence-corrected chi connectivity index (χ4v) is 4.28. The molecule has 4 aromatic rings. The highest BCUT2D eigenvalue weighted by atomic mass is 32.1. The first-order valence-electron chi connectivity index (χ1n) is 7.91. The average molecular weight is 337 g/mol. The number of para-hydroxylation sites is 1. The van der Waals surface area contributed by atoms with Crippen molar-refractivity contribution in [2.75, 3.05) is 0 Å². The van der Waals surface area contributed by atoms with E-state index in [4.69, 9.17) is 0 Å². The molecule has 0 radical (unpaired) electrons. The summed E-state index contributed by atoms with van der Waals surface area (Å²) in [5.41, 5.74) is 2.35. The molecule has 1 atom stereocenters. The highest BCUT2D eigenvalue weighted by Crippen LogP contribution is 2.47. The van der Waals surface area contributed by atoms with Gasteiger partial charge in [0.1, 0.15) is 23.0 Å². The van der Waals surface area contributed by atoms with Crippen LogP contribution in [0.15, 0.2) is 49.1 Å². The number of fused-ring (bicyclic) bond motifs is 1. The van der Waals surface area contributed by atoms with Gasteiger partial charge >= 0.3 is 0 Å². The molecular weight excluding hydrogens is 322 g/mol. The predicted octanol–water partition coefficient (Wildman–Crippen LogP) is 2.94. The Bertz CT molecular complexity index is 999. The lowest BCUT2D eigenvalue weighted by molar-refractivity contribution is 0.208. The van der Waals surface area contributed by atoms with Crippen LogP contribution in [0.4, 0.5) is 0 Å². The highest BCUT2D eigenvalue weighted by molar-refractivity contribution is 7.17. The van der Waals surface area contributed by atoms with Crippen LogP contribution in [0.1, 0.15) is 41.1 Å². The van der Waals surface area contributed by atoms with Crippen molar-refractivity contribution in [3.05, 3.63) is 65.3 Å². The molecule has 1 aromatic carbocycles. The molecule has 5 rings (SSSR count). The number of hydrogen-bond donors (Lipinski definition) is 1. The van der Waals surface area contributed by atoms with Crippen LogP contribution >= 0.6 is 11.3 Å². The van der Waals surface area contributed by atoms with Crippen molar-refractivity contribution in [1.29, 1.82) is 0 Å². The number of imidazole rings is 1. The van der Waals surface area contributed by atoms with Gasteiger partial charge in [-0.15, -0.1) is 16.4 Å². The lowest BCUT2D eigenvalue weighted by atomic mass is 10.1. The van der Waals surface area contributed by atoms with Crippen molar-refractivity contribution in [3.8, 4) is 5.69 Å². The summed E-state index contributed by atoms with van der Waals surface area (Å²) < 4.78 is 3.66. The van der Waals surface area contributed by atoms with Gasteiger partial charge in [-0.2, -0.15) is 0 Å². The Morgan fingerprint density at radius 1 is 1.21 bits per heavy atom. The zero-order chi connectivity index (χ0) is 16.1. The van der Waals surface area contributed by atoms with Gasteiger partial charge in [0.25, 0.3) is 0 Å². The summed E-state index contributed by atoms with van der Waals surface area (Å²) in [5.74, 6) is 0.559. The molecule has 120 valence electrons. The van der Waals surface area contributed by atoms with E-state index in [0.29, 0.717) is 11.6 Å². The minimum Gasteiger partial charge on any atom is -0.380 e. The normalized spacial score (nSPS) is 15.9. The molecule has 0 aliphatic heterocycles. The molecular formula is C17H15N5OS. The van der Waals surface area contributed by atoms with Crippen molar-refractivity contribution in [3.63, 3.8) is 0 Å². The van der Waals surface area contributed by atoms with E-state index in [1.807, 2.05) is 40.9 Å². The molecule has 1 saturated carbocycles. The highest BCUT2D eigenvalue weighted by Gasteiger charge is 2.33. The maximum absolute atomic E-state index is 11.0. The SMILES string of the molecule is OC(c1cn(-c2ccccc2)nn1)c1c(C2CC2)sc2cncn12. The number of benzene rings is 1. The van der Waals surface area contributed by atoms with Crippen LogP contribution in [0.3, 0.4) is 0 Å². The molecule has 6 nitrogen and oxygen atoms in total. The maximum Gasteiger partial charge on any atom is 0.141 e. The summed E-state index contributed by atoms with van der Waals surface area (Å²) in [4.78, 5) is 6.49. The minimum atomic E-state index is -0.805.